The second-order valence-corrected chi connectivity index (χ2v) is 6.61. The van der Waals surface area contributed by atoms with Crippen LogP contribution >= 0.6 is 23.4 Å². The molecule has 1 N–H and O–H groups in total. The van der Waals surface area contributed by atoms with Gasteiger partial charge in [0.25, 0.3) is 0 Å². The molecule has 1 aliphatic rings. The van der Waals surface area contributed by atoms with E-state index >= 15 is 0 Å². The number of rotatable bonds is 7. The summed E-state index contributed by atoms with van der Waals surface area (Å²) in [5.74, 6) is 0.415. The van der Waals surface area contributed by atoms with Gasteiger partial charge in [-0.15, -0.1) is 11.8 Å². The second kappa shape index (κ2) is 6.83. The van der Waals surface area contributed by atoms with Crippen LogP contribution in [0.2, 0.25) is 5.02 Å². The van der Waals surface area contributed by atoms with Crippen molar-refractivity contribution in [1.29, 1.82) is 0 Å². The van der Waals surface area contributed by atoms with Gasteiger partial charge in [-0.05, 0) is 38.8 Å². The summed E-state index contributed by atoms with van der Waals surface area (Å²) >= 11 is 7.74. The normalized spacial score (nSPS) is 17.6. The van der Waals surface area contributed by atoms with Gasteiger partial charge in [0.1, 0.15) is 5.54 Å². The van der Waals surface area contributed by atoms with Crippen LogP contribution in [0.4, 0.5) is 0 Å². The Morgan fingerprint density at radius 3 is 2.80 bits per heavy atom. The summed E-state index contributed by atoms with van der Waals surface area (Å²) in [6.07, 6.45) is 2.26. The van der Waals surface area contributed by atoms with E-state index in [0.717, 1.165) is 22.8 Å². The maximum atomic E-state index is 12.2. The highest BCUT2D eigenvalue weighted by molar-refractivity contribution is 7.99. The number of nitrogens with one attached hydrogen (secondary N) is 1. The summed E-state index contributed by atoms with van der Waals surface area (Å²) in [5.41, 5.74) is -0.666. The molecule has 0 amide bonds. The third-order valence-electron chi connectivity index (χ3n) is 3.18. The van der Waals surface area contributed by atoms with Gasteiger partial charge < -0.3 is 4.74 Å². The standard InChI is InChI=1S/C15H20ClNO2S/c1-3-19-14(18)15(2,17-11-8-9-11)10-20-13-7-5-4-6-12(13)16/h4-7,11,17H,3,8-10H2,1-2H3. The van der Waals surface area contributed by atoms with Crippen molar-refractivity contribution in [1.82, 2.24) is 5.32 Å². The van der Waals surface area contributed by atoms with Crippen molar-refractivity contribution in [3.8, 4) is 0 Å². The Morgan fingerprint density at radius 1 is 1.50 bits per heavy atom. The number of halogens is 1. The molecule has 0 spiro atoms. The Labute approximate surface area is 129 Å². The summed E-state index contributed by atoms with van der Waals surface area (Å²) in [6.45, 7) is 4.14. The number of carbonyl (C=O) groups excluding carboxylic acids is 1. The highest BCUT2D eigenvalue weighted by atomic mass is 35.5. The zero-order valence-corrected chi connectivity index (χ0v) is 13.4. The first kappa shape index (κ1) is 15.7. The lowest BCUT2D eigenvalue weighted by atomic mass is 10.1. The summed E-state index contributed by atoms with van der Waals surface area (Å²) in [4.78, 5) is 13.2. The highest BCUT2D eigenvalue weighted by Crippen LogP contribution is 2.31. The fraction of sp³-hybridized carbons (Fsp3) is 0.533. The van der Waals surface area contributed by atoms with Crippen LogP contribution < -0.4 is 5.32 Å². The molecule has 20 heavy (non-hydrogen) atoms. The Hall–Kier alpha value is -0.710. The van der Waals surface area contributed by atoms with Gasteiger partial charge in [-0.2, -0.15) is 0 Å². The smallest absolute Gasteiger partial charge is 0.326 e. The van der Waals surface area contributed by atoms with Gasteiger partial charge in [0, 0.05) is 16.7 Å². The lowest BCUT2D eigenvalue weighted by Gasteiger charge is -2.28. The Bertz CT molecular complexity index is 479. The molecular weight excluding hydrogens is 294 g/mol. The lowest BCUT2D eigenvalue weighted by Crippen LogP contribution is -2.53. The molecule has 1 aromatic rings. The lowest BCUT2D eigenvalue weighted by molar-refractivity contribution is -0.149. The number of esters is 1. The molecule has 0 radical (unpaired) electrons. The first-order valence-electron chi connectivity index (χ1n) is 6.87. The minimum Gasteiger partial charge on any atom is -0.465 e. The third-order valence-corrected chi connectivity index (χ3v) is 5.01. The van der Waals surface area contributed by atoms with E-state index < -0.39 is 5.54 Å². The fourth-order valence-electron chi connectivity index (χ4n) is 1.91. The molecule has 0 heterocycles. The van der Waals surface area contributed by atoms with Crippen molar-refractivity contribution in [3.05, 3.63) is 29.3 Å². The Morgan fingerprint density at radius 2 is 2.20 bits per heavy atom. The summed E-state index contributed by atoms with van der Waals surface area (Å²) in [5, 5.41) is 4.12. The van der Waals surface area contributed by atoms with Gasteiger partial charge in [0.05, 0.1) is 11.6 Å². The van der Waals surface area contributed by atoms with Gasteiger partial charge in [-0.25, -0.2) is 0 Å². The molecule has 1 saturated carbocycles. The molecule has 0 aliphatic heterocycles. The summed E-state index contributed by atoms with van der Waals surface area (Å²) in [6, 6.07) is 8.12. The summed E-state index contributed by atoms with van der Waals surface area (Å²) in [7, 11) is 0. The molecule has 110 valence electrons. The number of hydrogen-bond acceptors (Lipinski definition) is 4. The minimum absolute atomic E-state index is 0.188. The van der Waals surface area contributed by atoms with Crippen molar-refractivity contribution >= 4 is 29.3 Å². The molecular formula is C15H20ClNO2S. The zero-order chi connectivity index (χ0) is 14.6. The second-order valence-electron chi connectivity index (χ2n) is 5.19. The molecule has 5 heteroatoms. The van der Waals surface area contributed by atoms with Crippen LogP contribution in [0.25, 0.3) is 0 Å². The van der Waals surface area contributed by atoms with Gasteiger partial charge >= 0.3 is 5.97 Å². The molecule has 0 aromatic heterocycles. The van der Waals surface area contributed by atoms with Gasteiger partial charge in [0.2, 0.25) is 0 Å². The first-order chi connectivity index (χ1) is 9.55. The van der Waals surface area contributed by atoms with E-state index in [0.29, 0.717) is 18.4 Å². The van der Waals surface area contributed by atoms with E-state index in [1.807, 2.05) is 38.1 Å². The van der Waals surface area contributed by atoms with Crippen LogP contribution in [0.3, 0.4) is 0 Å². The average molecular weight is 314 g/mol. The van der Waals surface area contributed by atoms with E-state index in [1.54, 1.807) is 11.8 Å². The van der Waals surface area contributed by atoms with Crippen molar-refractivity contribution < 1.29 is 9.53 Å². The van der Waals surface area contributed by atoms with E-state index in [9.17, 15) is 4.79 Å². The van der Waals surface area contributed by atoms with Gasteiger partial charge in [-0.3, -0.25) is 10.1 Å². The molecule has 0 bridgehead atoms. The molecule has 1 atom stereocenters. The SMILES string of the molecule is CCOC(=O)C(C)(CSc1ccccc1Cl)NC1CC1. The number of carbonyl (C=O) groups is 1. The van der Waals surface area contributed by atoms with Crippen LogP contribution in [0, 0.1) is 0 Å². The minimum atomic E-state index is -0.666. The Kier molecular flexibility index (Phi) is 5.35. The monoisotopic (exact) mass is 313 g/mol. The van der Waals surface area contributed by atoms with Crippen molar-refractivity contribution in [2.75, 3.05) is 12.4 Å². The number of thioether (sulfide) groups is 1. The predicted octanol–water partition coefficient (Wildman–Crippen LogP) is 3.51. The number of benzene rings is 1. The molecule has 0 saturated heterocycles. The van der Waals surface area contributed by atoms with Crippen LogP contribution in [0.5, 0.6) is 0 Å². The van der Waals surface area contributed by atoms with Gasteiger partial charge in [0.15, 0.2) is 0 Å². The summed E-state index contributed by atoms with van der Waals surface area (Å²) < 4.78 is 5.21. The zero-order valence-electron chi connectivity index (χ0n) is 11.8. The molecule has 1 fully saturated rings. The van der Waals surface area contributed by atoms with Crippen LogP contribution in [0.15, 0.2) is 29.2 Å². The van der Waals surface area contributed by atoms with Gasteiger partial charge in [-0.1, -0.05) is 23.7 Å². The van der Waals surface area contributed by atoms with E-state index in [1.165, 1.54) is 0 Å². The quantitative estimate of drug-likeness (QED) is 0.617. The molecule has 2 rings (SSSR count). The maximum Gasteiger partial charge on any atom is 0.326 e. The Balaban J connectivity index is 2.03. The van der Waals surface area contributed by atoms with Crippen LogP contribution in [-0.4, -0.2) is 29.9 Å². The fourth-order valence-corrected chi connectivity index (χ4v) is 3.24. The van der Waals surface area contributed by atoms with Crippen molar-refractivity contribution in [2.45, 2.75) is 43.2 Å². The van der Waals surface area contributed by atoms with Crippen molar-refractivity contribution in [3.63, 3.8) is 0 Å². The largest absolute Gasteiger partial charge is 0.465 e. The highest BCUT2D eigenvalue weighted by Gasteiger charge is 2.39. The van der Waals surface area contributed by atoms with E-state index in [4.69, 9.17) is 16.3 Å². The van der Waals surface area contributed by atoms with E-state index in [2.05, 4.69) is 5.32 Å². The first-order valence-corrected chi connectivity index (χ1v) is 8.24. The average Bonchev–Trinajstić information content (AvgIpc) is 3.22. The number of hydrogen-bond donors (Lipinski definition) is 1. The van der Waals surface area contributed by atoms with Crippen LogP contribution in [0.1, 0.15) is 26.7 Å². The van der Waals surface area contributed by atoms with E-state index in [-0.39, 0.29) is 5.97 Å². The molecule has 1 unspecified atom stereocenters. The molecule has 1 aromatic carbocycles. The maximum absolute atomic E-state index is 12.2. The molecule has 3 nitrogen and oxygen atoms in total. The molecule has 1 aliphatic carbocycles. The number of ether oxygens (including phenoxy) is 1. The van der Waals surface area contributed by atoms with Crippen LogP contribution in [-0.2, 0) is 9.53 Å². The predicted molar refractivity (Wildman–Crippen MR) is 83.4 cm³/mol. The topological polar surface area (TPSA) is 38.3 Å². The van der Waals surface area contributed by atoms with Crippen molar-refractivity contribution in [2.24, 2.45) is 0 Å². The third kappa shape index (κ3) is 4.14.